The number of amides is 3. The van der Waals surface area contributed by atoms with Gasteiger partial charge in [0.15, 0.2) is 0 Å². The molecule has 0 aliphatic carbocycles. The first kappa shape index (κ1) is 27.7. The molecule has 8 nitrogen and oxygen atoms in total. The predicted molar refractivity (Wildman–Crippen MR) is 144 cm³/mol. The number of benzene rings is 1. The summed E-state index contributed by atoms with van der Waals surface area (Å²) in [6.45, 7) is 10.3. The highest BCUT2D eigenvalue weighted by atomic mass is 32.2. The topological polar surface area (TPSA) is 105 Å². The quantitative estimate of drug-likeness (QED) is 0.388. The van der Waals surface area contributed by atoms with Crippen LogP contribution in [0.1, 0.15) is 61.8 Å². The third-order valence-corrected chi connectivity index (χ3v) is 7.85. The van der Waals surface area contributed by atoms with Gasteiger partial charge in [-0.3, -0.25) is 14.4 Å². The van der Waals surface area contributed by atoms with Gasteiger partial charge >= 0.3 is 5.97 Å². The number of carbonyl (C=O) groups excluding carboxylic acids is 4. The zero-order valence-electron chi connectivity index (χ0n) is 21.5. The molecule has 1 aliphatic heterocycles. The minimum absolute atomic E-state index is 0.0268. The molecule has 3 amide bonds. The molecule has 0 saturated heterocycles. The van der Waals surface area contributed by atoms with Gasteiger partial charge in [0, 0.05) is 35.3 Å². The van der Waals surface area contributed by atoms with Crippen molar-refractivity contribution in [3.8, 4) is 0 Å². The van der Waals surface area contributed by atoms with E-state index in [0.717, 1.165) is 15.3 Å². The van der Waals surface area contributed by atoms with Crippen LogP contribution in [0.3, 0.4) is 0 Å². The third-order valence-electron chi connectivity index (χ3n) is 5.62. The van der Waals surface area contributed by atoms with Crippen LogP contribution in [0.2, 0.25) is 0 Å². The number of carbonyl (C=O) groups is 4. The number of anilines is 2. The molecular weight excluding hydrogens is 498 g/mol. The largest absolute Gasteiger partial charge is 0.465 e. The van der Waals surface area contributed by atoms with Crippen LogP contribution in [0.5, 0.6) is 0 Å². The number of fused-ring (bicyclic) bond motifs is 1. The number of ether oxygens (including phenoxy) is 1. The number of hydrogen-bond donors (Lipinski definition) is 2. The fourth-order valence-corrected chi connectivity index (χ4v) is 6.06. The van der Waals surface area contributed by atoms with Crippen molar-refractivity contribution >= 4 is 57.5 Å². The van der Waals surface area contributed by atoms with E-state index in [9.17, 15) is 19.2 Å². The Morgan fingerprint density at radius 2 is 1.92 bits per heavy atom. The lowest BCUT2D eigenvalue weighted by molar-refractivity contribution is -0.129. The molecule has 2 N–H and O–H groups in total. The van der Waals surface area contributed by atoms with E-state index in [-0.39, 0.29) is 23.1 Å². The van der Waals surface area contributed by atoms with E-state index >= 15 is 0 Å². The summed E-state index contributed by atoms with van der Waals surface area (Å²) < 4.78 is 4.98. The van der Waals surface area contributed by atoms with Gasteiger partial charge in [0.2, 0.25) is 17.7 Å². The van der Waals surface area contributed by atoms with Crippen molar-refractivity contribution in [2.45, 2.75) is 64.2 Å². The van der Waals surface area contributed by atoms with Gasteiger partial charge in [0.1, 0.15) is 5.00 Å². The fourth-order valence-electron chi connectivity index (χ4n) is 3.88. The first-order chi connectivity index (χ1) is 16.9. The molecule has 36 heavy (non-hydrogen) atoms. The smallest absolute Gasteiger partial charge is 0.341 e. The molecule has 1 aromatic carbocycles. The lowest BCUT2D eigenvalue weighted by Gasteiger charge is -2.25. The first-order valence-corrected chi connectivity index (χ1v) is 13.4. The van der Waals surface area contributed by atoms with E-state index in [0.29, 0.717) is 42.2 Å². The van der Waals surface area contributed by atoms with Crippen molar-refractivity contribution in [3.63, 3.8) is 0 Å². The lowest BCUT2D eigenvalue weighted by Crippen LogP contribution is -2.33. The first-order valence-electron chi connectivity index (χ1n) is 11.7. The lowest BCUT2D eigenvalue weighted by atomic mass is 9.92. The summed E-state index contributed by atoms with van der Waals surface area (Å²) in [4.78, 5) is 53.2. The molecule has 1 aromatic heterocycles. The summed E-state index contributed by atoms with van der Waals surface area (Å²) in [7, 11) is 1.31. The second-order valence-corrected chi connectivity index (χ2v) is 12.5. The number of thiophene rings is 1. The zero-order valence-corrected chi connectivity index (χ0v) is 23.2. The van der Waals surface area contributed by atoms with Crippen molar-refractivity contribution in [3.05, 3.63) is 40.3 Å². The third kappa shape index (κ3) is 7.10. The molecule has 1 unspecified atom stereocenters. The molecule has 0 fully saturated rings. The van der Waals surface area contributed by atoms with Gasteiger partial charge in [-0.25, -0.2) is 4.79 Å². The van der Waals surface area contributed by atoms with Crippen LogP contribution in [-0.4, -0.2) is 47.5 Å². The molecule has 194 valence electrons. The average molecular weight is 532 g/mol. The zero-order chi connectivity index (χ0) is 26.6. The van der Waals surface area contributed by atoms with E-state index in [1.54, 1.807) is 11.8 Å². The summed E-state index contributed by atoms with van der Waals surface area (Å²) in [6.07, 6.45) is 0.935. The molecule has 0 spiro atoms. The molecule has 1 atom stereocenters. The van der Waals surface area contributed by atoms with Crippen LogP contribution in [0, 0.1) is 5.41 Å². The summed E-state index contributed by atoms with van der Waals surface area (Å²) in [5, 5.41) is 5.79. The maximum Gasteiger partial charge on any atom is 0.341 e. The normalized spacial score (nSPS) is 14.0. The van der Waals surface area contributed by atoms with E-state index in [2.05, 4.69) is 10.6 Å². The number of rotatable bonds is 7. The number of hydrogen-bond acceptors (Lipinski definition) is 7. The maximum absolute atomic E-state index is 13.1. The minimum atomic E-state index is -0.502. The summed E-state index contributed by atoms with van der Waals surface area (Å²) in [5.41, 5.74) is 1.77. The maximum atomic E-state index is 13.1. The highest BCUT2D eigenvalue weighted by Gasteiger charge is 2.30. The Morgan fingerprint density at radius 3 is 2.56 bits per heavy atom. The Labute approximate surface area is 220 Å². The van der Waals surface area contributed by atoms with Gasteiger partial charge < -0.3 is 20.3 Å². The van der Waals surface area contributed by atoms with Gasteiger partial charge in [-0.2, -0.15) is 0 Å². The van der Waals surface area contributed by atoms with Crippen LogP contribution in [0.4, 0.5) is 10.7 Å². The van der Waals surface area contributed by atoms with Crippen LogP contribution in [0.25, 0.3) is 0 Å². The highest BCUT2D eigenvalue weighted by Crippen LogP contribution is 2.38. The summed E-state index contributed by atoms with van der Waals surface area (Å²) >= 11 is 2.67. The van der Waals surface area contributed by atoms with Crippen LogP contribution in [0.15, 0.2) is 29.2 Å². The van der Waals surface area contributed by atoms with Gasteiger partial charge in [-0.15, -0.1) is 23.1 Å². The fraction of sp³-hybridized carbons (Fsp3) is 0.462. The van der Waals surface area contributed by atoms with E-state index in [1.165, 1.54) is 37.1 Å². The second kappa shape index (κ2) is 11.5. The second-order valence-electron chi connectivity index (χ2n) is 9.95. The molecular formula is C26H33N3O5S2. The minimum Gasteiger partial charge on any atom is -0.465 e. The molecule has 2 heterocycles. The molecule has 3 rings (SSSR count). The van der Waals surface area contributed by atoms with Crippen LogP contribution >= 0.6 is 23.1 Å². The monoisotopic (exact) mass is 531 g/mol. The van der Waals surface area contributed by atoms with Crippen molar-refractivity contribution in [2.24, 2.45) is 5.41 Å². The predicted octanol–water partition coefficient (Wildman–Crippen LogP) is 4.93. The summed E-state index contributed by atoms with van der Waals surface area (Å²) in [6, 6.07) is 7.38. The number of nitrogens with zero attached hydrogens (tertiary/aromatic N) is 1. The van der Waals surface area contributed by atoms with Gasteiger partial charge in [-0.1, -0.05) is 26.8 Å². The Balaban J connectivity index is 1.71. The standard InChI is InChI=1S/C26H33N3O5S2/c1-15(35-18-9-7-8-17(12-18)27-21(31)13-26(3,4)5)23(32)28-24-22(25(33)34-6)19-10-11-29(16(2)30)14-20(19)36-24/h7-9,12,15H,10-11,13-14H2,1-6H3,(H,27,31)(H,28,32). The molecule has 1 aliphatic rings. The summed E-state index contributed by atoms with van der Waals surface area (Å²) in [5.74, 6) is -0.843. The Hall–Kier alpha value is -2.85. The number of nitrogens with one attached hydrogen (secondary N) is 2. The van der Waals surface area contributed by atoms with Crippen LogP contribution < -0.4 is 10.6 Å². The van der Waals surface area contributed by atoms with Crippen molar-refractivity contribution in [2.75, 3.05) is 24.3 Å². The molecule has 0 radical (unpaired) electrons. The van der Waals surface area contributed by atoms with Gasteiger partial charge in [0.25, 0.3) is 0 Å². The Kier molecular flexibility index (Phi) is 8.84. The number of thioether (sulfide) groups is 1. The average Bonchev–Trinajstić information content (AvgIpc) is 3.14. The SMILES string of the molecule is COC(=O)c1c(NC(=O)C(C)Sc2cccc(NC(=O)CC(C)(C)C)c2)sc2c1CCN(C(C)=O)C2. The Morgan fingerprint density at radius 1 is 1.19 bits per heavy atom. The van der Waals surface area contributed by atoms with E-state index in [4.69, 9.17) is 4.74 Å². The van der Waals surface area contributed by atoms with E-state index < -0.39 is 11.2 Å². The number of methoxy groups -OCH3 is 1. The van der Waals surface area contributed by atoms with Crippen molar-refractivity contribution < 1.29 is 23.9 Å². The van der Waals surface area contributed by atoms with Crippen molar-refractivity contribution in [1.29, 1.82) is 0 Å². The molecule has 0 bridgehead atoms. The van der Waals surface area contributed by atoms with Crippen molar-refractivity contribution in [1.82, 2.24) is 4.90 Å². The molecule has 2 aromatic rings. The molecule has 0 saturated carbocycles. The van der Waals surface area contributed by atoms with Gasteiger partial charge in [-0.05, 0) is 42.5 Å². The van der Waals surface area contributed by atoms with E-state index in [1.807, 2.05) is 45.0 Å². The Bertz CT molecular complexity index is 1170. The van der Waals surface area contributed by atoms with Gasteiger partial charge in [0.05, 0.1) is 24.5 Å². The molecule has 10 heteroatoms. The van der Waals surface area contributed by atoms with Crippen LogP contribution in [-0.2, 0) is 32.1 Å². The highest BCUT2D eigenvalue weighted by molar-refractivity contribution is 8.00. The number of esters is 1.